The summed E-state index contributed by atoms with van der Waals surface area (Å²) in [6.07, 6.45) is 4.49. The first-order valence-electron chi connectivity index (χ1n) is 5.63. The molecule has 1 aromatic carbocycles. The Morgan fingerprint density at radius 3 is 2.89 bits per heavy atom. The van der Waals surface area contributed by atoms with E-state index in [0.29, 0.717) is 4.88 Å². The van der Waals surface area contributed by atoms with Crippen LogP contribution in [-0.2, 0) is 6.42 Å². The maximum Gasteiger partial charge on any atom is 0.267 e. The van der Waals surface area contributed by atoms with Crippen molar-refractivity contribution in [1.82, 2.24) is 4.98 Å². The Bertz CT molecular complexity index is 551. The van der Waals surface area contributed by atoms with Gasteiger partial charge in [0.2, 0.25) is 0 Å². The maximum absolute atomic E-state index is 12.1. The molecule has 1 aromatic heterocycles. The van der Waals surface area contributed by atoms with Crippen molar-refractivity contribution in [2.45, 2.75) is 18.2 Å². The molecule has 1 heterocycles. The first-order valence-corrected chi connectivity index (χ1v) is 7.67. The van der Waals surface area contributed by atoms with Gasteiger partial charge in [-0.3, -0.25) is 4.79 Å². The molecule has 0 bridgehead atoms. The molecule has 0 radical (unpaired) electrons. The zero-order valence-electron chi connectivity index (χ0n) is 10.3. The molecule has 0 saturated heterocycles. The quantitative estimate of drug-likeness (QED) is 0.867. The molecule has 2 rings (SSSR count). The molecular formula is C13H14N2OS2. The van der Waals surface area contributed by atoms with E-state index in [4.69, 9.17) is 0 Å². The molecule has 0 aliphatic rings. The summed E-state index contributed by atoms with van der Waals surface area (Å²) < 4.78 is 0. The van der Waals surface area contributed by atoms with Crippen molar-refractivity contribution in [3.8, 4) is 0 Å². The first-order chi connectivity index (χ1) is 8.74. The monoisotopic (exact) mass is 278 g/mol. The molecule has 5 heteroatoms. The van der Waals surface area contributed by atoms with E-state index in [-0.39, 0.29) is 5.91 Å². The topological polar surface area (TPSA) is 42.0 Å². The van der Waals surface area contributed by atoms with Gasteiger partial charge in [-0.1, -0.05) is 19.1 Å². The largest absolute Gasteiger partial charge is 0.320 e. The van der Waals surface area contributed by atoms with Crippen LogP contribution in [0.15, 0.2) is 35.4 Å². The van der Waals surface area contributed by atoms with Crippen molar-refractivity contribution in [2.75, 3.05) is 11.6 Å². The fourth-order valence-electron chi connectivity index (χ4n) is 1.51. The molecule has 0 atom stereocenters. The number of carbonyl (C=O) groups excluding carboxylic acids is 1. The average molecular weight is 278 g/mol. The summed E-state index contributed by atoms with van der Waals surface area (Å²) in [7, 11) is 0. The van der Waals surface area contributed by atoms with Crippen molar-refractivity contribution >= 4 is 34.7 Å². The number of thioether (sulfide) groups is 1. The van der Waals surface area contributed by atoms with E-state index >= 15 is 0 Å². The number of thiazole rings is 1. The first kappa shape index (κ1) is 13.1. The Kier molecular flexibility index (Phi) is 4.38. The van der Waals surface area contributed by atoms with Crippen LogP contribution in [0.3, 0.4) is 0 Å². The molecule has 18 heavy (non-hydrogen) atoms. The second-order valence-corrected chi connectivity index (χ2v) is 5.59. The Morgan fingerprint density at radius 2 is 2.22 bits per heavy atom. The number of rotatable bonds is 4. The zero-order chi connectivity index (χ0) is 13.0. The zero-order valence-corrected chi connectivity index (χ0v) is 11.9. The number of hydrogen-bond donors (Lipinski definition) is 1. The average Bonchev–Trinajstić information content (AvgIpc) is 2.88. The summed E-state index contributed by atoms with van der Waals surface area (Å²) >= 11 is 3.06. The number of anilines is 1. The van der Waals surface area contributed by atoms with E-state index < -0.39 is 0 Å². The summed E-state index contributed by atoms with van der Waals surface area (Å²) in [6.45, 7) is 2.03. The Labute approximate surface area is 115 Å². The molecule has 1 amide bonds. The minimum Gasteiger partial charge on any atom is -0.320 e. The van der Waals surface area contributed by atoms with E-state index in [1.54, 1.807) is 18.0 Å². The van der Waals surface area contributed by atoms with Crippen LogP contribution < -0.4 is 5.32 Å². The third-order valence-corrected chi connectivity index (χ3v) is 4.37. The highest BCUT2D eigenvalue weighted by molar-refractivity contribution is 7.98. The number of aromatic nitrogens is 1. The molecule has 1 N–H and O–H groups in total. The second kappa shape index (κ2) is 6.02. The number of benzene rings is 1. The Hall–Kier alpha value is -1.33. The van der Waals surface area contributed by atoms with Crippen LogP contribution in [-0.4, -0.2) is 17.1 Å². The Balaban J connectivity index is 2.16. The van der Waals surface area contributed by atoms with E-state index in [9.17, 15) is 4.79 Å². The molecule has 0 aliphatic heterocycles. The van der Waals surface area contributed by atoms with Crippen molar-refractivity contribution in [3.63, 3.8) is 0 Å². The highest BCUT2D eigenvalue weighted by Gasteiger charge is 2.11. The molecule has 3 nitrogen and oxygen atoms in total. The van der Waals surface area contributed by atoms with E-state index in [0.717, 1.165) is 22.0 Å². The summed E-state index contributed by atoms with van der Waals surface area (Å²) in [5.41, 5.74) is 0.849. The van der Waals surface area contributed by atoms with Gasteiger partial charge in [-0.15, -0.1) is 23.1 Å². The normalized spacial score (nSPS) is 10.3. The van der Waals surface area contributed by atoms with Gasteiger partial charge in [0.05, 0.1) is 16.9 Å². The minimum absolute atomic E-state index is 0.0892. The third-order valence-electron chi connectivity index (χ3n) is 2.43. The van der Waals surface area contributed by atoms with Gasteiger partial charge in [-0.25, -0.2) is 4.98 Å². The van der Waals surface area contributed by atoms with Crippen LogP contribution in [0.1, 0.15) is 21.6 Å². The van der Waals surface area contributed by atoms with Crippen LogP contribution in [0, 0.1) is 0 Å². The van der Waals surface area contributed by atoms with E-state index in [2.05, 4.69) is 10.3 Å². The second-order valence-electron chi connectivity index (χ2n) is 3.63. The number of amides is 1. The fourth-order valence-corrected chi connectivity index (χ4v) is 2.82. The summed E-state index contributed by atoms with van der Waals surface area (Å²) in [5.74, 6) is -0.0892. The van der Waals surface area contributed by atoms with Gasteiger partial charge in [-0.05, 0) is 24.8 Å². The summed E-state index contributed by atoms with van der Waals surface area (Å²) in [6, 6.07) is 7.78. The van der Waals surface area contributed by atoms with Crippen LogP contribution >= 0.6 is 23.1 Å². The van der Waals surface area contributed by atoms with Crippen LogP contribution in [0.4, 0.5) is 5.69 Å². The van der Waals surface area contributed by atoms with Gasteiger partial charge in [0.1, 0.15) is 4.88 Å². The van der Waals surface area contributed by atoms with Crippen molar-refractivity contribution < 1.29 is 4.79 Å². The number of nitrogens with zero attached hydrogens (tertiary/aromatic N) is 1. The summed E-state index contributed by atoms with van der Waals surface area (Å²) in [5, 5.41) is 3.91. The predicted octanol–water partition coefficient (Wildman–Crippen LogP) is 3.68. The van der Waals surface area contributed by atoms with Crippen LogP contribution in [0.5, 0.6) is 0 Å². The lowest BCUT2D eigenvalue weighted by Gasteiger charge is -2.07. The van der Waals surface area contributed by atoms with Gasteiger partial charge in [0, 0.05) is 4.90 Å². The van der Waals surface area contributed by atoms with Crippen LogP contribution in [0.2, 0.25) is 0 Å². The Morgan fingerprint density at radius 1 is 1.44 bits per heavy atom. The number of aryl methyl sites for hydroxylation is 1. The molecule has 0 saturated carbocycles. The number of carbonyl (C=O) groups is 1. The minimum atomic E-state index is -0.0892. The van der Waals surface area contributed by atoms with E-state index in [1.807, 2.05) is 37.4 Å². The van der Waals surface area contributed by atoms with Gasteiger partial charge in [-0.2, -0.15) is 0 Å². The number of para-hydroxylation sites is 1. The van der Waals surface area contributed by atoms with Gasteiger partial charge in [0.15, 0.2) is 0 Å². The smallest absolute Gasteiger partial charge is 0.267 e. The fraction of sp³-hybridized carbons (Fsp3) is 0.231. The highest BCUT2D eigenvalue weighted by atomic mass is 32.2. The molecule has 2 aromatic rings. The lowest BCUT2D eigenvalue weighted by atomic mass is 10.3. The predicted molar refractivity (Wildman–Crippen MR) is 77.7 cm³/mol. The molecular weight excluding hydrogens is 264 g/mol. The lowest BCUT2D eigenvalue weighted by molar-refractivity contribution is 0.103. The van der Waals surface area contributed by atoms with Crippen molar-refractivity contribution in [2.24, 2.45) is 0 Å². The van der Waals surface area contributed by atoms with Gasteiger partial charge in [0.25, 0.3) is 5.91 Å². The van der Waals surface area contributed by atoms with Gasteiger partial charge < -0.3 is 5.32 Å². The molecule has 0 fully saturated rings. The highest BCUT2D eigenvalue weighted by Crippen LogP contribution is 2.25. The SMILES string of the molecule is CCc1ncc(C(=O)Nc2ccccc2SC)s1. The van der Waals surface area contributed by atoms with Crippen molar-refractivity contribution in [3.05, 3.63) is 40.3 Å². The molecule has 0 aliphatic carbocycles. The number of nitrogens with one attached hydrogen (secondary N) is 1. The third kappa shape index (κ3) is 2.91. The van der Waals surface area contributed by atoms with Crippen molar-refractivity contribution in [1.29, 1.82) is 0 Å². The standard InChI is InChI=1S/C13H14N2OS2/c1-3-12-14-8-11(18-12)13(16)15-9-6-4-5-7-10(9)17-2/h4-8H,3H2,1-2H3,(H,15,16). The molecule has 0 unspecified atom stereocenters. The lowest BCUT2D eigenvalue weighted by Crippen LogP contribution is -2.10. The summed E-state index contributed by atoms with van der Waals surface area (Å²) in [4.78, 5) is 18.0. The van der Waals surface area contributed by atoms with E-state index in [1.165, 1.54) is 11.3 Å². The number of hydrogen-bond acceptors (Lipinski definition) is 4. The van der Waals surface area contributed by atoms with Crippen LogP contribution in [0.25, 0.3) is 0 Å². The molecule has 0 spiro atoms. The molecule has 94 valence electrons. The maximum atomic E-state index is 12.1. The van der Waals surface area contributed by atoms with Gasteiger partial charge >= 0.3 is 0 Å².